The summed E-state index contributed by atoms with van der Waals surface area (Å²) in [6.45, 7) is 0.250. The topological polar surface area (TPSA) is 77.6 Å². The smallest absolute Gasteiger partial charge is 0.137 e. The SMILES string of the molecule is OCCCCc1cnc2[nH]cc(-c3cn[nH]c3)c2c1. The Morgan fingerprint density at radius 3 is 2.89 bits per heavy atom. The summed E-state index contributed by atoms with van der Waals surface area (Å²) in [6, 6.07) is 2.17. The number of H-pyrrole nitrogens is 2. The zero-order valence-corrected chi connectivity index (χ0v) is 10.6. The fraction of sp³-hybridized carbons (Fsp3) is 0.286. The molecule has 0 saturated heterocycles. The maximum Gasteiger partial charge on any atom is 0.137 e. The molecular weight excluding hydrogens is 240 g/mol. The van der Waals surface area contributed by atoms with Gasteiger partial charge < -0.3 is 10.1 Å². The van der Waals surface area contributed by atoms with Gasteiger partial charge in [0.1, 0.15) is 5.65 Å². The van der Waals surface area contributed by atoms with Crippen LogP contribution in [-0.2, 0) is 6.42 Å². The lowest BCUT2D eigenvalue weighted by atomic mass is 10.1. The average Bonchev–Trinajstić information content (AvgIpc) is 3.07. The van der Waals surface area contributed by atoms with Crippen LogP contribution in [0.15, 0.2) is 30.9 Å². The van der Waals surface area contributed by atoms with E-state index in [1.807, 2.05) is 18.6 Å². The van der Waals surface area contributed by atoms with Crippen molar-refractivity contribution >= 4 is 11.0 Å². The second kappa shape index (κ2) is 5.24. The summed E-state index contributed by atoms with van der Waals surface area (Å²) in [6.07, 6.45) is 10.3. The first-order valence-corrected chi connectivity index (χ1v) is 6.44. The van der Waals surface area contributed by atoms with Gasteiger partial charge in [-0.1, -0.05) is 0 Å². The molecular formula is C14H16N4O. The van der Waals surface area contributed by atoms with E-state index in [0.29, 0.717) is 0 Å². The number of hydrogen-bond donors (Lipinski definition) is 3. The number of unbranched alkanes of at least 4 members (excludes halogenated alkanes) is 1. The van der Waals surface area contributed by atoms with Crippen molar-refractivity contribution in [3.63, 3.8) is 0 Å². The Labute approximate surface area is 110 Å². The van der Waals surface area contributed by atoms with Crippen LogP contribution >= 0.6 is 0 Å². The minimum atomic E-state index is 0.250. The van der Waals surface area contributed by atoms with Gasteiger partial charge in [0.25, 0.3) is 0 Å². The second-order valence-electron chi connectivity index (χ2n) is 4.61. The highest BCUT2D eigenvalue weighted by Gasteiger charge is 2.08. The summed E-state index contributed by atoms with van der Waals surface area (Å²) in [5, 5.41) is 16.7. The maximum absolute atomic E-state index is 8.82. The minimum Gasteiger partial charge on any atom is -0.396 e. The van der Waals surface area contributed by atoms with E-state index in [0.717, 1.165) is 41.4 Å². The molecule has 0 amide bonds. The molecule has 5 heteroatoms. The largest absolute Gasteiger partial charge is 0.396 e. The average molecular weight is 256 g/mol. The number of aromatic nitrogens is 4. The number of aromatic amines is 2. The molecule has 0 aliphatic rings. The molecule has 19 heavy (non-hydrogen) atoms. The van der Waals surface area contributed by atoms with Crippen LogP contribution in [0.2, 0.25) is 0 Å². The highest BCUT2D eigenvalue weighted by atomic mass is 16.2. The van der Waals surface area contributed by atoms with Gasteiger partial charge in [0.05, 0.1) is 6.20 Å². The first kappa shape index (κ1) is 11.9. The monoisotopic (exact) mass is 256 g/mol. The number of aliphatic hydroxyl groups is 1. The molecule has 0 aliphatic heterocycles. The molecule has 98 valence electrons. The fourth-order valence-corrected chi connectivity index (χ4v) is 2.26. The van der Waals surface area contributed by atoms with E-state index < -0.39 is 0 Å². The summed E-state index contributed by atoms with van der Waals surface area (Å²) in [5.41, 5.74) is 4.26. The van der Waals surface area contributed by atoms with E-state index in [1.54, 1.807) is 6.20 Å². The lowest BCUT2D eigenvalue weighted by Gasteiger charge is -2.01. The normalized spacial score (nSPS) is 11.2. The maximum atomic E-state index is 8.82. The zero-order chi connectivity index (χ0) is 13.1. The van der Waals surface area contributed by atoms with E-state index in [1.165, 1.54) is 5.56 Å². The van der Waals surface area contributed by atoms with Gasteiger partial charge >= 0.3 is 0 Å². The first-order valence-electron chi connectivity index (χ1n) is 6.44. The van der Waals surface area contributed by atoms with Gasteiger partial charge in [0.2, 0.25) is 0 Å². The summed E-state index contributed by atoms with van der Waals surface area (Å²) >= 11 is 0. The van der Waals surface area contributed by atoms with Crippen molar-refractivity contribution in [3.8, 4) is 11.1 Å². The number of nitrogens with one attached hydrogen (secondary N) is 2. The molecule has 0 radical (unpaired) electrons. The van der Waals surface area contributed by atoms with Crippen LogP contribution < -0.4 is 0 Å². The van der Waals surface area contributed by atoms with Crippen LogP contribution in [0.25, 0.3) is 22.2 Å². The van der Waals surface area contributed by atoms with Gasteiger partial charge in [-0.15, -0.1) is 0 Å². The van der Waals surface area contributed by atoms with Crippen LogP contribution in [0, 0.1) is 0 Å². The number of hydrogen-bond acceptors (Lipinski definition) is 3. The van der Waals surface area contributed by atoms with E-state index in [4.69, 9.17) is 5.11 Å². The van der Waals surface area contributed by atoms with Gasteiger partial charge in [-0.25, -0.2) is 4.98 Å². The van der Waals surface area contributed by atoms with Crippen molar-refractivity contribution in [2.75, 3.05) is 6.61 Å². The van der Waals surface area contributed by atoms with Crippen molar-refractivity contribution in [2.24, 2.45) is 0 Å². The fourth-order valence-electron chi connectivity index (χ4n) is 2.26. The van der Waals surface area contributed by atoms with Crippen LogP contribution in [-0.4, -0.2) is 31.9 Å². The first-order chi connectivity index (χ1) is 9.38. The third-order valence-corrected chi connectivity index (χ3v) is 3.27. The quantitative estimate of drug-likeness (QED) is 0.613. The lowest BCUT2D eigenvalue weighted by Crippen LogP contribution is -1.90. The predicted octanol–water partition coefficient (Wildman–Crippen LogP) is 2.27. The Morgan fingerprint density at radius 1 is 1.16 bits per heavy atom. The third-order valence-electron chi connectivity index (χ3n) is 3.27. The molecule has 0 atom stereocenters. The van der Waals surface area contributed by atoms with Gasteiger partial charge in [-0.05, 0) is 30.9 Å². The van der Waals surface area contributed by atoms with Crippen LogP contribution in [0.5, 0.6) is 0 Å². The number of aryl methyl sites for hydroxylation is 1. The molecule has 0 unspecified atom stereocenters. The standard InChI is InChI=1S/C14H16N4O/c19-4-2-1-3-10-5-12-13(11-7-17-18-8-11)9-16-14(12)15-6-10/h5-9,19H,1-4H2,(H,15,16)(H,17,18). The van der Waals surface area contributed by atoms with E-state index in [9.17, 15) is 0 Å². The Kier molecular flexibility index (Phi) is 3.29. The molecule has 5 nitrogen and oxygen atoms in total. The number of pyridine rings is 1. The Morgan fingerprint density at radius 2 is 2.11 bits per heavy atom. The summed E-state index contributed by atoms with van der Waals surface area (Å²) in [7, 11) is 0. The number of nitrogens with zero attached hydrogens (tertiary/aromatic N) is 2. The minimum absolute atomic E-state index is 0.250. The second-order valence-corrected chi connectivity index (χ2v) is 4.61. The molecule has 3 N–H and O–H groups in total. The molecule has 0 saturated carbocycles. The summed E-state index contributed by atoms with van der Waals surface area (Å²) < 4.78 is 0. The molecule has 0 spiro atoms. The van der Waals surface area contributed by atoms with Crippen molar-refractivity contribution in [1.82, 2.24) is 20.2 Å². The van der Waals surface area contributed by atoms with E-state index >= 15 is 0 Å². The van der Waals surface area contributed by atoms with Gasteiger partial charge in [-0.2, -0.15) is 5.10 Å². The van der Waals surface area contributed by atoms with Crippen molar-refractivity contribution in [1.29, 1.82) is 0 Å². The van der Waals surface area contributed by atoms with Gasteiger partial charge in [0.15, 0.2) is 0 Å². The molecule has 3 heterocycles. The van der Waals surface area contributed by atoms with Crippen molar-refractivity contribution in [2.45, 2.75) is 19.3 Å². The molecule has 0 bridgehead atoms. The van der Waals surface area contributed by atoms with E-state index in [2.05, 4.69) is 26.2 Å². The van der Waals surface area contributed by atoms with Gasteiger partial charge in [-0.3, -0.25) is 5.10 Å². The van der Waals surface area contributed by atoms with E-state index in [-0.39, 0.29) is 6.61 Å². The lowest BCUT2D eigenvalue weighted by molar-refractivity contribution is 0.284. The molecule has 3 aromatic rings. The van der Waals surface area contributed by atoms with Gasteiger partial charge in [0, 0.05) is 41.7 Å². The highest BCUT2D eigenvalue weighted by molar-refractivity contribution is 5.93. The summed E-state index contributed by atoms with van der Waals surface area (Å²) in [5.74, 6) is 0. The van der Waals surface area contributed by atoms with Crippen molar-refractivity contribution < 1.29 is 5.11 Å². The van der Waals surface area contributed by atoms with Crippen LogP contribution in [0.4, 0.5) is 0 Å². The Balaban J connectivity index is 1.94. The van der Waals surface area contributed by atoms with Crippen molar-refractivity contribution in [3.05, 3.63) is 36.4 Å². The molecule has 0 aliphatic carbocycles. The van der Waals surface area contributed by atoms with Crippen LogP contribution in [0.1, 0.15) is 18.4 Å². The predicted molar refractivity (Wildman–Crippen MR) is 73.7 cm³/mol. The molecule has 3 aromatic heterocycles. The summed E-state index contributed by atoms with van der Waals surface area (Å²) in [4.78, 5) is 7.62. The Bertz CT molecular complexity index is 657. The third kappa shape index (κ3) is 2.37. The zero-order valence-electron chi connectivity index (χ0n) is 10.6. The Hall–Kier alpha value is -2.14. The number of fused-ring (bicyclic) bond motifs is 1. The highest BCUT2D eigenvalue weighted by Crippen LogP contribution is 2.27. The number of aliphatic hydroxyl groups excluding tert-OH is 1. The molecule has 3 rings (SSSR count). The molecule has 0 fully saturated rings. The van der Waals surface area contributed by atoms with Crippen LogP contribution in [0.3, 0.4) is 0 Å². The number of rotatable bonds is 5. The molecule has 0 aromatic carbocycles.